The summed E-state index contributed by atoms with van der Waals surface area (Å²) >= 11 is 0. The molecule has 0 bridgehead atoms. The molecule has 0 aromatic heterocycles. The minimum absolute atomic E-state index is 0.0740. The van der Waals surface area contributed by atoms with Crippen molar-refractivity contribution in [1.29, 1.82) is 0 Å². The summed E-state index contributed by atoms with van der Waals surface area (Å²) < 4.78 is 11.1. The molecule has 0 spiro atoms. The third kappa shape index (κ3) is 4.94. The molecule has 1 N–H and O–H groups in total. The first kappa shape index (κ1) is 25.3. The van der Waals surface area contributed by atoms with Gasteiger partial charge in [0.15, 0.2) is 0 Å². The molecular weight excluding hydrogens is 432 g/mol. The number of likely N-dealkylation sites (N-methyl/N-ethyl adjacent to an activating group) is 1. The summed E-state index contributed by atoms with van der Waals surface area (Å²) in [5, 5.41) is 11.4. The van der Waals surface area contributed by atoms with Crippen LogP contribution in [0.25, 0.3) is 5.76 Å². The molecule has 3 rings (SSSR count). The molecular formula is C27H34N2O5. The number of aryl methyl sites for hydroxylation is 1. The molecule has 182 valence electrons. The number of carbonyl (C=O) groups is 2. The van der Waals surface area contributed by atoms with Gasteiger partial charge in [-0.15, -0.1) is 0 Å². The van der Waals surface area contributed by atoms with Crippen molar-refractivity contribution in [2.24, 2.45) is 0 Å². The average Bonchev–Trinajstić information content (AvgIpc) is 3.09. The van der Waals surface area contributed by atoms with Crippen molar-refractivity contribution in [2.75, 3.05) is 39.9 Å². The molecule has 7 heteroatoms. The number of para-hydroxylation sites is 1. The maximum Gasteiger partial charge on any atom is 0.295 e. The average molecular weight is 467 g/mol. The number of amides is 1. The molecule has 2 aromatic rings. The number of aliphatic hydroxyl groups is 1. The van der Waals surface area contributed by atoms with Crippen molar-refractivity contribution in [3.05, 3.63) is 64.7 Å². The Balaban J connectivity index is 2.18. The number of methoxy groups -OCH3 is 1. The second kappa shape index (κ2) is 11.2. The fourth-order valence-electron chi connectivity index (χ4n) is 4.39. The van der Waals surface area contributed by atoms with Gasteiger partial charge in [-0.3, -0.25) is 9.59 Å². The van der Waals surface area contributed by atoms with Crippen molar-refractivity contribution in [3.8, 4) is 11.5 Å². The highest BCUT2D eigenvalue weighted by Crippen LogP contribution is 2.43. The number of ether oxygens (including phenoxy) is 2. The lowest BCUT2D eigenvalue weighted by Gasteiger charge is -2.29. The van der Waals surface area contributed by atoms with Gasteiger partial charge in [0.05, 0.1) is 25.3 Å². The Morgan fingerprint density at radius 3 is 2.41 bits per heavy atom. The van der Waals surface area contributed by atoms with Crippen LogP contribution in [0.15, 0.2) is 48.0 Å². The molecule has 0 aliphatic carbocycles. The Bertz CT molecular complexity index is 1070. The number of hydrogen-bond donors (Lipinski definition) is 1. The molecule has 1 aliphatic rings. The Labute approximate surface area is 201 Å². The minimum Gasteiger partial charge on any atom is -0.507 e. The van der Waals surface area contributed by atoms with E-state index in [1.165, 1.54) is 0 Å². The summed E-state index contributed by atoms with van der Waals surface area (Å²) in [6, 6.07) is 11.8. The van der Waals surface area contributed by atoms with E-state index in [0.717, 1.165) is 18.7 Å². The molecule has 1 heterocycles. The third-order valence-corrected chi connectivity index (χ3v) is 6.29. The van der Waals surface area contributed by atoms with Gasteiger partial charge in [-0.25, -0.2) is 0 Å². The van der Waals surface area contributed by atoms with Crippen LogP contribution in [-0.2, 0) is 9.59 Å². The van der Waals surface area contributed by atoms with E-state index in [-0.39, 0.29) is 11.3 Å². The highest BCUT2D eigenvalue weighted by atomic mass is 16.5. The van der Waals surface area contributed by atoms with E-state index in [2.05, 4.69) is 18.7 Å². The maximum atomic E-state index is 13.3. The Hall–Kier alpha value is -3.32. The van der Waals surface area contributed by atoms with E-state index in [1.807, 2.05) is 38.1 Å². The summed E-state index contributed by atoms with van der Waals surface area (Å²) in [7, 11) is 1.57. The number of Topliss-reactive ketones (excluding diaryl/α,β-unsaturated/α-hetero) is 1. The van der Waals surface area contributed by atoms with Crippen LogP contribution < -0.4 is 9.47 Å². The third-order valence-electron chi connectivity index (χ3n) is 6.29. The van der Waals surface area contributed by atoms with Crippen LogP contribution in [0.4, 0.5) is 0 Å². The van der Waals surface area contributed by atoms with Gasteiger partial charge in [0.1, 0.15) is 17.3 Å². The zero-order valence-corrected chi connectivity index (χ0v) is 20.6. The fraction of sp³-hybridized carbons (Fsp3) is 0.407. The van der Waals surface area contributed by atoms with Crippen LogP contribution in [0.3, 0.4) is 0 Å². The number of carbonyl (C=O) groups excluding carboxylic acids is 2. The first-order valence-electron chi connectivity index (χ1n) is 11.7. The van der Waals surface area contributed by atoms with Crippen LogP contribution in [0.1, 0.15) is 43.5 Å². The number of rotatable bonds is 10. The number of aliphatic hydroxyl groups excluding tert-OH is 1. The highest BCUT2D eigenvalue weighted by molar-refractivity contribution is 6.46. The molecule has 1 saturated heterocycles. The van der Waals surface area contributed by atoms with E-state index in [4.69, 9.17) is 9.47 Å². The largest absolute Gasteiger partial charge is 0.507 e. The van der Waals surface area contributed by atoms with E-state index in [9.17, 15) is 14.7 Å². The molecule has 2 aromatic carbocycles. The topological polar surface area (TPSA) is 79.3 Å². The number of nitrogens with zero attached hydrogens (tertiary/aromatic N) is 2. The molecule has 0 saturated carbocycles. The van der Waals surface area contributed by atoms with Crippen molar-refractivity contribution >= 4 is 17.4 Å². The second-order valence-electron chi connectivity index (χ2n) is 8.17. The molecule has 1 aliphatic heterocycles. The quantitative estimate of drug-likeness (QED) is 0.322. The smallest absolute Gasteiger partial charge is 0.295 e. The van der Waals surface area contributed by atoms with Gasteiger partial charge in [0.2, 0.25) is 0 Å². The first-order chi connectivity index (χ1) is 16.4. The number of likely N-dealkylation sites (tertiary alicyclic amines) is 1. The SMILES string of the molecule is CCOc1ccccc1C1/C(=C(\O)c2ccc(OC)cc2C)C(=O)C(=O)N1CCN(CC)CC. The lowest BCUT2D eigenvalue weighted by molar-refractivity contribution is -0.140. The lowest BCUT2D eigenvalue weighted by atomic mass is 9.93. The highest BCUT2D eigenvalue weighted by Gasteiger charge is 2.47. The van der Waals surface area contributed by atoms with Gasteiger partial charge in [-0.05, 0) is 56.8 Å². The van der Waals surface area contributed by atoms with E-state index in [0.29, 0.717) is 42.3 Å². The van der Waals surface area contributed by atoms with Crippen LogP contribution in [0.5, 0.6) is 11.5 Å². The molecule has 1 atom stereocenters. The van der Waals surface area contributed by atoms with Gasteiger partial charge in [0.25, 0.3) is 11.7 Å². The second-order valence-corrected chi connectivity index (χ2v) is 8.17. The van der Waals surface area contributed by atoms with Gasteiger partial charge >= 0.3 is 0 Å². The maximum absolute atomic E-state index is 13.3. The van der Waals surface area contributed by atoms with Crippen LogP contribution in [0.2, 0.25) is 0 Å². The normalized spacial score (nSPS) is 17.5. The first-order valence-corrected chi connectivity index (χ1v) is 11.7. The zero-order chi connectivity index (χ0) is 24.8. The van der Waals surface area contributed by atoms with Crippen LogP contribution >= 0.6 is 0 Å². The Morgan fingerprint density at radius 2 is 1.79 bits per heavy atom. The van der Waals surface area contributed by atoms with Gasteiger partial charge in [-0.1, -0.05) is 32.0 Å². The van der Waals surface area contributed by atoms with Gasteiger partial charge in [-0.2, -0.15) is 0 Å². The van der Waals surface area contributed by atoms with Gasteiger partial charge < -0.3 is 24.4 Å². The Morgan fingerprint density at radius 1 is 1.09 bits per heavy atom. The molecule has 0 radical (unpaired) electrons. The predicted octanol–water partition coefficient (Wildman–Crippen LogP) is 4.17. The molecule has 1 fully saturated rings. The van der Waals surface area contributed by atoms with Crippen molar-refractivity contribution in [2.45, 2.75) is 33.7 Å². The van der Waals surface area contributed by atoms with E-state index >= 15 is 0 Å². The van der Waals surface area contributed by atoms with Gasteiger partial charge in [0, 0.05) is 24.2 Å². The summed E-state index contributed by atoms with van der Waals surface area (Å²) in [5.74, 6) is -0.269. The Kier molecular flexibility index (Phi) is 8.34. The standard InChI is InChI=1S/C27H34N2O5/c1-6-28(7-2)15-16-29-24(21-11-9-10-12-22(21)34-8-3)23(26(31)27(29)32)25(30)20-14-13-19(33-5)17-18(20)4/h9-14,17,24,30H,6-8,15-16H2,1-5H3/b25-23+. The molecule has 34 heavy (non-hydrogen) atoms. The van der Waals surface area contributed by atoms with Crippen molar-refractivity contribution < 1.29 is 24.2 Å². The molecule has 1 amide bonds. The van der Waals surface area contributed by atoms with Crippen molar-refractivity contribution in [1.82, 2.24) is 9.80 Å². The summed E-state index contributed by atoms with van der Waals surface area (Å²) in [6.07, 6.45) is 0. The predicted molar refractivity (Wildman–Crippen MR) is 132 cm³/mol. The fourth-order valence-corrected chi connectivity index (χ4v) is 4.39. The number of ketones is 1. The zero-order valence-electron chi connectivity index (χ0n) is 20.6. The lowest BCUT2D eigenvalue weighted by Crippen LogP contribution is -2.38. The van der Waals surface area contributed by atoms with E-state index in [1.54, 1.807) is 30.2 Å². The number of hydrogen-bond acceptors (Lipinski definition) is 6. The summed E-state index contributed by atoms with van der Waals surface area (Å²) in [6.45, 7) is 10.9. The van der Waals surface area contributed by atoms with Crippen molar-refractivity contribution in [3.63, 3.8) is 0 Å². The summed E-state index contributed by atoms with van der Waals surface area (Å²) in [4.78, 5) is 30.3. The minimum atomic E-state index is -0.750. The summed E-state index contributed by atoms with van der Waals surface area (Å²) in [5.41, 5.74) is 1.98. The number of benzene rings is 2. The molecule has 7 nitrogen and oxygen atoms in total. The van der Waals surface area contributed by atoms with Crippen LogP contribution in [0, 0.1) is 6.92 Å². The van der Waals surface area contributed by atoms with Crippen LogP contribution in [-0.4, -0.2) is 66.5 Å². The van der Waals surface area contributed by atoms with E-state index < -0.39 is 17.7 Å². The monoisotopic (exact) mass is 466 g/mol. The molecule has 1 unspecified atom stereocenters.